The fourth-order valence-electron chi connectivity index (χ4n) is 3.91. The quantitative estimate of drug-likeness (QED) is 0.837. The van der Waals surface area contributed by atoms with Gasteiger partial charge in [0, 0.05) is 32.0 Å². The van der Waals surface area contributed by atoms with E-state index in [4.69, 9.17) is 0 Å². The Morgan fingerprint density at radius 3 is 2.68 bits per heavy atom. The zero-order valence-corrected chi connectivity index (χ0v) is 15.1. The van der Waals surface area contributed by atoms with Gasteiger partial charge in [0.25, 0.3) is 11.5 Å². The topological polar surface area (TPSA) is 66.7 Å². The third-order valence-electron chi connectivity index (χ3n) is 5.52. The smallest absolute Gasteiger partial charge is 0.270 e. The summed E-state index contributed by atoms with van der Waals surface area (Å²) in [6.07, 6.45) is 6.36. The van der Waals surface area contributed by atoms with Gasteiger partial charge in [-0.2, -0.15) is 0 Å². The van der Waals surface area contributed by atoms with Crippen molar-refractivity contribution in [2.45, 2.75) is 26.2 Å². The number of aromatic nitrogens is 2. The Kier molecular flexibility index (Phi) is 4.84. The van der Waals surface area contributed by atoms with E-state index in [2.05, 4.69) is 10.3 Å². The molecule has 0 atom stereocenters. The molecule has 1 amide bonds. The molecule has 2 aliphatic rings. The molecule has 2 fully saturated rings. The average Bonchev–Trinajstić information content (AvgIpc) is 3.04. The van der Waals surface area contributed by atoms with Crippen molar-refractivity contribution in [2.75, 3.05) is 26.2 Å². The van der Waals surface area contributed by atoms with Crippen LogP contribution in [0.4, 0.5) is 0 Å². The van der Waals surface area contributed by atoms with Crippen LogP contribution in [0.1, 0.15) is 35.2 Å². The molecule has 134 valence electrons. The molecule has 4 rings (SSSR count). The van der Waals surface area contributed by atoms with Gasteiger partial charge in [-0.15, -0.1) is 12.4 Å². The van der Waals surface area contributed by atoms with Crippen LogP contribution in [0.5, 0.6) is 0 Å². The molecule has 0 radical (unpaired) electrons. The van der Waals surface area contributed by atoms with Crippen LogP contribution in [-0.2, 0) is 0 Å². The van der Waals surface area contributed by atoms with Gasteiger partial charge in [-0.3, -0.25) is 14.0 Å². The second kappa shape index (κ2) is 6.77. The van der Waals surface area contributed by atoms with E-state index in [-0.39, 0.29) is 29.4 Å². The summed E-state index contributed by atoms with van der Waals surface area (Å²) < 4.78 is 1.47. The minimum Gasteiger partial charge on any atom is -0.338 e. The van der Waals surface area contributed by atoms with Gasteiger partial charge in [-0.1, -0.05) is 6.07 Å². The van der Waals surface area contributed by atoms with Crippen molar-refractivity contribution in [3.63, 3.8) is 0 Å². The van der Waals surface area contributed by atoms with Crippen LogP contribution < -0.4 is 10.9 Å². The summed E-state index contributed by atoms with van der Waals surface area (Å²) in [4.78, 5) is 31.6. The molecule has 2 aromatic heterocycles. The molecule has 1 N–H and O–H groups in total. The molecule has 25 heavy (non-hydrogen) atoms. The lowest BCUT2D eigenvalue weighted by Gasteiger charge is -2.38. The second-order valence-electron chi connectivity index (χ2n) is 7.13. The lowest BCUT2D eigenvalue weighted by molar-refractivity contribution is 0.0605. The zero-order valence-electron chi connectivity index (χ0n) is 14.3. The van der Waals surface area contributed by atoms with Crippen molar-refractivity contribution in [3.05, 3.63) is 46.0 Å². The summed E-state index contributed by atoms with van der Waals surface area (Å²) in [7, 11) is 0. The molecule has 4 heterocycles. The monoisotopic (exact) mass is 362 g/mol. The maximum Gasteiger partial charge on any atom is 0.270 e. The van der Waals surface area contributed by atoms with E-state index < -0.39 is 0 Å². The van der Waals surface area contributed by atoms with E-state index in [1.165, 1.54) is 17.0 Å². The van der Waals surface area contributed by atoms with Crippen molar-refractivity contribution in [3.8, 4) is 0 Å². The molecule has 2 saturated heterocycles. The van der Waals surface area contributed by atoms with E-state index in [0.29, 0.717) is 11.1 Å². The molecule has 0 aliphatic carbocycles. The number of piperidine rings is 1. The highest BCUT2D eigenvalue weighted by Crippen LogP contribution is 2.37. The first-order valence-electron chi connectivity index (χ1n) is 8.56. The number of nitrogens with zero attached hydrogens (tertiary/aromatic N) is 3. The summed E-state index contributed by atoms with van der Waals surface area (Å²) in [6.45, 7) is 5.48. The maximum absolute atomic E-state index is 12.8. The zero-order chi connectivity index (χ0) is 16.7. The molecule has 0 aromatic carbocycles. The minimum absolute atomic E-state index is 0. The number of rotatable bonds is 1. The van der Waals surface area contributed by atoms with Gasteiger partial charge < -0.3 is 10.2 Å². The van der Waals surface area contributed by atoms with Gasteiger partial charge in [-0.25, -0.2) is 4.98 Å². The van der Waals surface area contributed by atoms with Crippen molar-refractivity contribution in [1.29, 1.82) is 0 Å². The molecule has 6 nitrogen and oxygen atoms in total. The van der Waals surface area contributed by atoms with Crippen molar-refractivity contribution >= 4 is 24.0 Å². The summed E-state index contributed by atoms with van der Waals surface area (Å²) in [5.74, 6) is -0.191. The van der Waals surface area contributed by atoms with E-state index >= 15 is 0 Å². The fourth-order valence-corrected chi connectivity index (χ4v) is 3.91. The number of hydrogen-bond donors (Lipinski definition) is 1. The highest BCUT2D eigenvalue weighted by atomic mass is 35.5. The Morgan fingerprint density at radius 1 is 1.24 bits per heavy atom. The van der Waals surface area contributed by atoms with Crippen molar-refractivity contribution in [1.82, 2.24) is 19.6 Å². The number of hydrogen-bond acceptors (Lipinski definition) is 4. The molecule has 1 spiro atoms. The molecular weight excluding hydrogens is 340 g/mol. The van der Waals surface area contributed by atoms with Gasteiger partial charge in [-0.05, 0) is 49.8 Å². The first-order valence-corrected chi connectivity index (χ1v) is 8.56. The van der Waals surface area contributed by atoms with Crippen LogP contribution in [0.2, 0.25) is 0 Å². The average molecular weight is 363 g/mol. The van der Waals surface area contributed by atoms with Crippen LogP contribution >= 0.6 is 12.4 Å². The highest BCUT2D eigenvalue weighted by molar-refractivity contribution is 5.93. The first-order chi connectivity index (χ1) is 11.6. The minimum atomic E-state index is -0.281. The Balaban J connectivity index is 0.00000182. The highest BCUT2D eigenvalue weighted by Gasteiger charge is 2.38. The Bertz CT molecular complexity index is 848. The van der Waals surface area contributed by atoms with Gasteiger partial charge in [0.1, 0.15) is 11.2 Å². The van der Waals surface area contributed by atoms with Gasteiger partial charge in [0.15, 0.2) is 0 Å². The number of pyridine rings is 1. The van der Waals surface area contributed by atoms with Crippen LogP contribution in [0.25, 0.3) is 5.65 Å². The van der Waals surface area contributed by atoms with Crippen LogP contribution in [0.3, 0.4) is 0 Å². The summed E-state index contributed by atoms with van der Waals surface area (Å²) in [6, 6.07) is 3.70. The lowest BCUT2D eigenvalue weighted by atomic mass is 9.78. The molecular formula is C18H23ClN4O2. The van der Waals surface area contributed by atoms with Crippen molar-refractivity contribution in [2.24, 2.45) is 5.41 Å². The number of fused-ring (bicyclic) bond motifs is 1. The third kappa shape index (κ3) is 3.16. The Labute approximate surface area is 152 Å². The van der Waals surface area contributed by atoms with E-state index in [1.807, 2.05) is 17.9 Å². The Morgan fingerprint density at radius 2 is 2.00 bits per heavy atom. The van der Waals surface area contributed by atoms with Crippen LogP contribution in [0.15, 0.2) is 29.3 Å². The normalized spacial score (nSPS) is 19.2. The molecule has 2 aliphatic heterocycles. The van der Waals surface area contributed by atoms with Gasteiger partial charge in [0.2, 0.25) is 0 Å². The summed E-state index contributed by atoms with van der Waals surface area (Å²) >= 11 is 0. The fraction of sp³-hybridized carbons (Fsp3) is 0.500. The molecule has 7 heteroatoms. The van der Waals surface area contributed by atoms with Crippen LogP contribution in [0, 0.1) is 12.3 Å². The lowest BCUT2D eigenvalue weighted by Crippen LogP contribution is -2.45. The number of nitrogens with one attached hydrogen (secondary N) is 1. The molecule has 0 bridgehead atoms. The van der Waals surface area contributed by atoms with Gasteiger partial charge >= 0.3 is 0 Å². The SMILES string of the molecule is Cc1ccc2ncc(C(=O)N3CCC4(CCNC4)CC3)c(=O)n2c1.Cl. The number of carbonyl (C=O) groups excluding carboxylic acids is 1. The number of aryl methyl sites for hydroxylation is 1. The molecule has 0 unspecified atom stereocenters. The van der Waals surface area contributed by atoms with Crippen molar-refractivity contribution < 1.29 is 4.79 Å². The molecule has 2 aromatic rings. The predicted octanol–water partition coefficient (Wildman–Crippen LogP) is 1.64. The number of amides is 1. The first kappa shape index (κ1) is 17.9. The predicted molar refractivity (Wildman–Crippen MR) is 98.5 cm³/mol. The molecule has 0 saturated carbocycles. The largest absolute Gasteiger partial charge is 0.338 e. The van der Waals surface area contributed by atoms with E-state index in [0.717, 1.165) is 44.6 Å². The third-order valence-corrected chi connectivity index (χ3v) is 5.52. The van der Waals surface area contributed by atoms with E-state index in [9.17, 15) is 9.59 Å². The van der Waals surface area contributed by atoms with E-state index in [1.54, 1.807) is 12.3 Å². The number of halogens is 1. The Hall–Kier alpha value is -1.92. The summed E-state index contributed by atoms with van der Waals surface area (Å²) in [5, 5.41) is 3.43. The maximum atomic E-state index is 12.8. The van der Waals surface area contributed by atoms with Crippen LogP contribution in [-0.4, -0.2) is 46.4 Å². The standard InChI is InChI=1S/C18H22N4O2.ClH/c1-13-2-3-15-20-10-14(17(24)22(15)11-13)16(23)21-8-5-18(6-9-21)4-7-19-12-18;/h2-3,10-11,19H,4-9,12H2,1H3;1H. The second-order valence-corrected chi connectivity index (χ2v) is 7.13. The number of carbonyl (C=O) groups is 1. The summed E-state index contributed by atoms with van der Waals surface area (Å²) in [5.41, 5.74) is 1.77. The van der Waals surface area contributed by atoms with Gasteiger partial charge in [0.05, 0.1) is 0 Å². The number of likely N-dealkylation sites (tertiary alicyclic amines) is 1.